The summed E-state index contributed by atoms with van der Waals surface area (Å²) in [6, 6.07) is 3.41. The number of halogens is 2. The first kappa shape index (κ1) is 20.1. The van der Waals surface area contributed by atoms with E-state index in [0.29, 0.717) is 37.9 Å². The van der Waals surface area contributed by atoms with Crippen molar-refractivity contribution in [2.45, 2.75) is 25.8 Å². The number of amides is 1. The van der Waals surface area contributed by atoms with Gasteiger partial charge in [0.25, 0.3) is 10.2 Å². The normalized spacial score (nSPS) is 19.0. The van der Waals surface area contributed by atoms with E-state index in [2.05, 4.69) is 10.6 Å². The van der Waals surface area contributed by atoms with Crippen molar-refractivity contribution in [2.75, 3.05) is 25.0 Å². The summed E-state index contributed by atoms with van der Waals surface area (Å²) in [6.07, 6.45) is 1.34. The quantitative estimate of drug-likeness (QED) is 0.705. The highest BCUT2D eigenvalue weighted by atomic mass is 35.5. The molecule has 2 aliphatic rings. The molecule has 1 saturated heterocycles. The van der Waals surface area contributed by atoms with Crippen LogP contribution >= 0.6 is 12.4 Å². The van der Waals surface area contributed by atoms with Crippen molar-refractivity contribution in [1.29, 1.82) is 0 Å². The third-order valence-corrected chi connectivity index (χ3v) is 5.73. The molecule has 0 spiro atoms. The molecule has 25 heavy (non-hydrogen) atoms. The van der Waals surface area contributed by atoms with E-state index < -0.39 is 10.2 Å². The molecule has 0 unspecified atom stereocenters. The summed E-state index contributed by atoms with van der Waals surface area (Å²) in [4.78, 5) is 12.4. The van der Waals surface area contributed by atoms with Crippen molar-refractivity contribution in [3.63, 3.8) is 0 Å². The summed E-state index contributed by atoms with van der Waals surface area (Å²) in [5, 5.41) is 10.9. The second-order valence-corrected chi connectivity index (χ2v) is 7.75. The molecule has 0 radical (unpaired) electrons. The first-order valence-corrected chi connectivity index (χ1v) is 9.46. The Hall–Kier alpha value is -1.26. The van der Waals surface area contributed by atoms with Crippen molar-refractivity contribution < 1.29 is 17.6 Å². The van der Waals surface area contributed by atoms with E-state index in [4.69, 9.17) is 5.14 Å². The topological polar surface area (TPSA) is 105 Å². The zero-order valence-corrected chi connectivity index (χ0v) is 15.3. The Morgan fingerprint density at radius 3 is 2.64 bits per heavy atom. The lowest BCUT2D eigenvalue weighted by molar-refractivity contribution is -0.120. The van der Waals surface area contributed by atoms with Crippen LogP contribution in [-0.4, -0.2) is 38.3 Å². The zero-order chi connectivity index (χ0) is 17.3. The highest BCUT2D eigenvalue weighted by Crippen LogP contribution is 2.26. The molecule has 4 N–H and O–H groups in total. The standard InChI is InChI=1S/C15H21FN4O3S.ClH/c16-14-12-3-6-18-9-11(12)1-2-13(14)19-15(21)10-4-7-20(8-5-10)24(17,22)23;/h1-2,10,18H,3-9H2,(H,19,21)(H2,17,22,23);1H. The van der Waals surface area contributed by atoms with Crippen LogP contribution in [0.5, 0.6) is 0 Å². The van der Waals surface area contributed by atoms with E-state index in [1.165, 1.54) is 0 Å². The Labute approximate surface area is 152 Å². The number of nitrogens with zero attached hydrogens (tertiary/aromatic N) is 1. The molecule has 1 fully saturated rings. The predicted molar refractivity (Wildman–Crippen MR) is 95.1 cm³/mol. The fraction of sp³-hybridized carbons (Fsp3) is 0.533. The average Bonchev–Trinajstić information content (AvgIpc) is 2.57. The molecule has 1 aromatic carbocycles. The number of carbonyl (C=O) groups excluding carboxylic acids is 1. The highest BCUT2D eigenvalue weighted by Gasteiger charge is 2.30. The minimum atomic E-state index is -3.72. The molecular formula is C15H22ClFN4O3S. The van der Waals surface area contributed by atoms with Crippen LogP contribution in [0.2, 0.25) is 0 Å². The smallest absolute Gasteiger partial charge is 0.276 e. The summed E-state index contributed by atoms with van der Waals surface area (Å²) in [6.45, 7) is 1.75. The molecule has 0 aromatic heterocycles. The van der Waals surface area contributed by atoms with Crippen molar-refractivity contribution in [3.05, 3.63) is 29.1 Å². The number of carbonyl (C=O) groups is 1. The molecule has 3 rings (SSSR count). The molecule has 0 atom stereocenters. The van der Waals surface area contributed by atoms with E-state index in [9.17, 15) is 17.6 Å². The van der Waals surface area contributed by atoms with Crippen LogP contribution in [0.25, 0.3) is 0 Å². The number of hydrogen-bond acceptors (Lipinski definition) is 4. The van der Waals surface area contributed by atoms with Crippen LogP contribution in [-0.2, 0) is 28.0 Å². The number of fused-ring (bicyclic) bond motifs is 1. The second-order valence-electron chi connectivity index (χ2n) is 6.20. The van der Waals surface area contributed by atoms with E-state index in [1.54, 1.807) is 6.07 Å². The van der Waals surface area contributed by atoms with Gasteiger partial charge in [0.15, 0.2) is 0 Å². The molecule has 1 aromatic rings. The molecule has 0 bridgehead atoms. The fourth-order valence-corrected chi connectivity index (χ4v) is 3.96. The van der Waals surface area contributed by atoms with E-state index in [-0.39, 0.29) is 48.8 Å². The SMILES string of the molecule is Cl.NS(=O)(=O)N1CCC(C(=O)Nc2ccc3c(c2F)CCNC3)CC1. The number of hydrogen-bond donors (Lipinski definition) is 3. The van der Waals surface area contributed by atoms with Gasteiger partial charge in [-0.3, -0.25) is 4.79 Å². The van der Waals surface area contributed by atoms with Gasteiger partial charge < -0.3 is 10.6 Å². The zero-order valence-electron chi connectivity index (χ0n) is 13.6. The minimum Gasteiger partial charge on any atom is -0.323 e. The highest BCUT2D eigenvalue weighted by molar-refractivity contribution is 7.86. The Morgan fingerprint density at radius 1 is 1.32 bits per heavy atom. The summed E-state index contributed by atoms with van der Waals surface area (Å²) >= 11 is 0. The van der Waals surface area contributed by atoms with Gasteiger partial charge in [-0.2, -0.15) is 12.7 Å². The monoisotopic (exact) mass is 392 g/mol. The first-order chi connectivity index (χ1) is 11.4. The van der Waals surface area contributed by atoms with Crippen LogP contribution in [0.3, 0.4) is 0 Å². The van der Waals surface area contributed by atoms with Crippen LogP contribution in [0.15, 0.2) is 12.1 Å². The van der Waals surface area contributed by atoms with Crippen LogP contribution < -0.4 is 15.8 Å². The molecule has 7 nitrogen and oxygen atoms in total. The van der Waals surface area contributed by atoms with Crippen molar-refractivity contribution in [1.82, 2.24) is 9.62 Å². The molecule has 10 heteroatoms. The Morgan fingerprint density at radius 2 is 2.00 bits per heavy atom. The lowest BCUT2D eigenvalue weighted by atomic mass is 9.96. The van der Waals surface area contributed by atoms with Gasteiger partial charge in [-0.1, -0.05) is 6.07 Å². The maximum atomic E-state index is 14.6. The Bertz CT molecular complexity index is 751. The van der Waals surface area contributed by atoms with Gasteiger partial charge in [-0.15, -0.1) is 12.4 Å². The second kappa shape index (κ2) is 7.96. The lowest BCUT2D eigenvalue weighted by Gasteiger charge is -2.29. The lowest BCUT2D eigenvalue weighted by Crippen LogP contribution is -2.44. The summed E-state index contributed by atoms with van der Waals surface area (Å²) in [5.74, 6) is -0.999. The Balaban J connectivity index is 0.00000225. The van der Waals surface area contributed by atoms with Crippen LogP contribution in [0.1, 0.15) is 24.0 Å². The number of rotatable bonds is 3. The molecule has 1 amide bonds. The molecule has 2 heterocycles. The number of anilines is 1. The maximum Gasteiger partial charge on any atom is 0.276 e. The van der Waals surface area contributed by atoms with Gasteiger partial charge in [-0.25, -0.2) is 9.53 Å². The van der Waals surface area contributed by atoms with Crippen LogP contribution in [0, 0.1) is 11.7 Å². The first-order valence-electron chi connectivity index (χ1n) is 7.96. The van der Waals surface area contributed by atoms with Gasteiger partial charge in [0.1, 0.15) is 5.82 Å². The summed E-state index contributed by atoms with van der Waals surface area (Å²) in [7, 11) is -3.72. The van der Waals surface area contributed by atoms with E-state index >= 15 is 0 Å². The van der Waals surface area contributed by atoms with Crippen molar-refractivity contribution in [2.24, 2.45) is 11.1 Å². The van der Waals surface area contributed by atoms with Crippen LogP contribution in [0.4, 0.5) is 10.1 Å². The average molecular weight is 393 g/mol. The van der Waals surface area contributed by atoms with Gasteiger partial charge in [0.2, 0.25) is 5.91 Å². The van der Waals surface area contributed by atoms with E-state index in [1.807, 2.05) is 6.07 Å². The Kier molecular flexibility index (Phi) is 6.39. The molecule has 0 saturated carbocycles. The third-order valence-electron chi connectivity index (χ3n) is 4.65. The van der Waals surface area contributed by atoms with Gasteiger partial charge in [-0.05, 0) is 43.0 Å². The van der Waals surface area contributed by atoms with Gasteiger partial charge in [0.05, 0.1) is 5.69 Å². The number of nitrogens with two attached hydrogens (primary N) is 1. The van der Waals surface area contributed by atoms with Crippen molar-refractivity contribution >= 4 is 34.2 Å². The van der Waals surface area contributed by atoms with E-state index in [0.717, 1.165) is 9.87 Å². The number of piperidine rings is 1. The summed E-state index contributed by atoms with van der Waals surface area (Å²) in [5.41, 5.74) is 1.75. The van der Waals surface area contributed by atoms with Gasteiger partial charge in [0, 0.05) is 25.6 Å². The molecule has 2 aliphatic heterocycles. The molecule has 140 valence electrons. The molecular weight excluding hydrogens is 371 g/mol. The molecule has 0 aliphatic carbocycles. The predicted octanol–water partition coefficient (Wildman–Crippen LogP) is 0.747. The van der Waals surface area contributed by atoms with Crippen molar-refractivity contribution in [3.8, 4) is 0 Å². The largest absolute Gasteiger partial charge is 0.323 e. The maximum absolute atomic E-state index is 14.6. The fourth-order valence-electron chi connectivity index (χ4n) is 3.24. The number of benzene rings is 1. The number of nitrogens with one attached hydrogen (secondary N) is 2. The summed E-state index contributed by atoms with van der Waals surface area (Å²) < 4.78 is 38.3. The minimum absolute atomic E-state index is 0. The van der Waals surface area contributed by atoms with Gasteiger partial charge >= 0.3 is 0 Å². The third kappa shape index (κ3) is 4.48.